The van der Waals surface area contributed by atoms with Crippen molar-refractivity contribution in [2.24, 2.45) is 10.2 Å². The highest BCUT2D eigenvalue weighted by Crippen LogP contribution is 2.12. The first-order chi connectivity index (χ1) is 16.8. The Labute approximate surface area is 209 Å². The zero-order valence-electron chi connectivity index (χ0n) is 21.3. The lowest BCUT2D eigenvalue weighted by atomic mass is 10.1. The van der Waals surface area contributed by atoms with Crippen LogP contribution < -0.4 is 20.7 Å². The smallest absolute Gasteiger partial charge is 0.240 e. The number of amides is 2. The summed E-state index contributed by atoms with van der Waals surface area (Å²) in [5.74, 6) is -0.167. The van der Waals surface area contributed by atoms with E-state index in [1.54, 1.807) is 12.4 Å². The Bertz CT molecular complexity index is 887. The Morgan fingerprint density at radius 1 is 0.629 bits per heavy atom. The third kappa shape index (κ3) is 11.3. The van der Waals surface area contributed by atoms with E-state index in [2.05, 4.69) is 21.1 Å². The van der Waals surface area contributed by atoms with Gasteiger partial charge in [0.1, 0.15) is 0 Å². The molecule has 8 heteroatoms. The van der Waals surface area contributed by atoms with Gasteiger partial charge < -0.3 is 9.80 Å². The summed E-state index contributed by atoms with van der Waals surface area (Å²) < 4.78 is 0. The fourth-order valence-electron chi connectivity index (χ4n) is 3.29. The van der Waals surface area contributed by atoms with Crippen LogP contribution in [0.1, 0.15) is 56.1 Å². The Morgan fingerprint density at radius 3 is 1.31 bits per heavy atom. The monoisotopic (exact) mass is 478 g/mol. The minimum Gasteiger partial charge on any atom is -0.378 e. The Hall–Kier alpha value is -3.68. The van der Waals surface area contributed by atoms with Gasteiger partial charge in [-0.05, 0) is 48.2 Å². The van der Waals surface area contributed by atoms with E-state index in [0.717, 1.165) is 54.6 Å². The average molecular weight is 479 g/mol. The fraction of sp³-hybridized carbons (Fsp3) is 0.407. The Balaban J connectivity index is 1.49. The van der Waals surface area contributed by atoms with Crippen molar-refractivity contribution in [3.05, 3.63) is 59.7 Å². The number of benzene rings is 2. The second-order valence-corrected chi connectivity index (χ2v) is 8.83. The number of hydrazone groups is 2. The highest BCUT2D eigenvalue weighted by Gasteiger charge is 2.02. The summed E-state index contributed by atoms with van der Waals surface area (Å²) in [5.41, 5.74) is 9.25. The highest BCUT2D eigenvalue weighted by atomic mass is 16.2. The Kier molecular flexibility index (Phi) is 12.0. The van der Waals surface area contributed by atoms with Gasteiger partial charge in [-0.2, -0.15) is 10.2 Å². The topological polar surface area (TPSA) is 89.4 Å². The van der Waals surface area contributed by atoms with Crippen LogP contribution in [0.3, 0.4) is 0 Å². The van der Waals surface area contributed by atoms with Crippen LogP contribution in [0.2, 0.25) is 0 Å². The lowest BCUT2D eigenvalue weighted by Crippen LogP contribution is -2.17. The number of unbranched alkanes of at least 4 members (excludes halogenated alkanes) is 4. The molecule has 0 saturated carbocycles. The molecule has 0 aromatic heterocycles. The molecule has 0 spiro atoms. The number of hydrogen-bond acceptors (Lipinski definition) is 6. The second kappa shape index (κ2) is 15.3. The molecule has 0 aliphatic heterocycles. The summed E-state index contributed by atoms with van der Waals surface area (Å²) >= 11 is 0. The maximum atomic E-state index is 11.9. The van der Waals surface area contributed by atoms with Crippen molar-refractivity contribution >= 4 is 35.6 Å². The van der Waals surface area contributed by atoms with Gasteiger partial charge in [0, 0.05) is 52.4 Å². The molecule has 2 N–H and O–H groups in total. The summed E-state index contributed by atoms with van der Waals surface area (Å²) in [6.45, 7) is 0. The lowest BCUT2D eigenvalue weighted by Gasteiger charge is -2.11. The van der Waals surface area contributed by atoms with Crippen LogP contribution >= 0.6 is 0 Å². The van der Waals surface area contributed by atoms with Crippen molar-refractivity contribution in [1.29, 1.82) is 0 Å². The molecule has 0 saturated heterocycles. The largest absolute Gasteiger partial charge is 0.378 e. The van der Waals surface area contributed by atoms with Crippen LogP contribution in [-0.4, -0.2) is 52.4 Å². The maximum absolute atomic E-state index is 11.9. The average Bonchev–Trinajstić information content (AvgIpc) is 2.84. The van der Waals surface area contributed by atoms with E-state index in [4.69, 9.17) is 0 Å². The zero-order chi connectivity index (χ0) is 25.5. The summed E-state index contributed by atoms with van der Waals surface area (Å²) in [6, 6.07) is 15.9. The van der Waals surface area contributed by atoms with Crippen LogP contribution in [0, 0.1) is 0 Å². The molecule has 0 aliphatic carbocycles. The standard InChI is InChI=1S/C27H38N6O2/c1-32(2)24-16-12-22(13-17-24)20-28-30-26(34)10-8-6-5-7-9-11-27(35)31-29-21-23-14-18-25(19-15-23)33(3)4/h12-21H,5-11H2,1-4H3,(H,30,34)(H,31,35)/b28-20+,29-21+. The van der Waals surface area contributed by atoms with Crippen LogP contribution in [-0.2, 0) is 9.59 Å². The Morgan fingerprint density at radius 2 is 0.971 bits per heavy atom. The molecule has 0 aliphatic rings. The molecule has 0 bridgehead atoms. The van der Waals surface area contributed by atoms with E-state index in [9.17, 15) is 9.59 Å². The minimum absolute atomic E-state index is 0.0836. The first-order valence-corrected chi connectivity index (χ1v) is 12.0. The van der Waals surface area contributed by atoms with Crippen molar-refractivity contribution in [3.8, 4) is 0 Å². The molecule has 2 aromatic carbocycles. The highest BCUT2D eigenvalue weighted by molar-refractivity contribution is 5.83. The minimum atomic E-state index is -0.0836. The summed E-state index contributed by atoms with van der Waals surface area (Å²) in [6.07, 6.45) is 8.69. The van der Waals surface area contributed by atoms with Crippen LogP contribution in [0.5, 0.6) is 0 Å². The van der Waals surface area contributed by atoms with E-state index >= 15 is 0 Å². The third-order valence-corrected chi connectivity index (χ3v) is 5.43. The number of rotatable bonds is 14. The van der Waals surface area contributed by atoms with E-state index in [1.165, 1.54) is 0 Å². The van der Waals surface area contributed by atoms with Crippen molar-refractivity contribution < 1.29 is 9.59 Å². The normalized spacial score (nSPS) is 11.1. The molecule has 0 atom stereocenters. The zero-order valence-corrected chi connectivity index (χ0v) is 21.3. The van der Waals surface area contributed by atoms with E-state index in [-0.39, 0.29) is 11.8 Å². The lowest BCUT2D eigenvalue weighted by molar-refractivity contribution is -0.121. The first kappa shape index (κ1) is 27.6. The van der Waals surface area contributed by atoms with Gasteiger partial charge in [0.25, 0.3) is 0 Å². The molecule has 0 unspecified atom stereocenters. The maximum Gasteiger partial charge on any atom is 0.240 e. The van der Waals surface area contributed by atoms with Gasteiger partial charge in [-0.15, -0.1) is 0 Å². The van der Waals surface area contributed by atoms with Gasteiger partial charge in [0.15, 0.2) is 0 Å². The summed E-state index contributed by atoms with van der Waals surface area (Å²) in [7, 11) is 7.96. The summed E-state index contributed by atoms with van der Waals surface area (Å²) in [4.78, 5) is 27.9. The molecule has 2 aromatic rings. The third-order valence-electron chi connectivity index (χ3n) is 5.43. The van der Waals surface area contributed by atoms with Gasteiger partial charge in [-0.3, -0.25) is 9.59 Å². The summed E-state index contributed by atoms with van der Waals surface area (Å²) in [5, 5.41) is 8.04. The number of carbonyl (C=O) groups excluding carboxylic acids is 2. The van der Waals surface area contributed by atoms with E-state index < -0.39 is 0 Å². The molecule has 188 valence electrons. The molecule has 0 heterocycles. The van der Waals surface area contributed by atoms with Gasteiger partial charge in [0.2, 0.25) is 11.8 Å². The van der Waals surface area contributed by atoms with Crippen molar-refractivity contribution in [2.75, 3.05) is 38.0 Å². The van der Waals surface area contributed by atoms with Crippen molar-refractivity contribution in [1.82, 2.24) is 10.9 Å². The van der Waals surface area contributed by atoms with Gasteiger partial charge in [-0.25, -0.2) is 10.9 Å². The van der Waals surface area contributed by atoms with Gasteiger partial charge in [0.05, 0.1) is 12.4 Å². The van der Waals surface area contributed by atoms with E-state index in [1.807, 2.05) is 86.5 Å². The molecule has 2 amide bonds. The second-order valence-electron chi connectivity index (χ2n) is 8.83. The number of nitrogens with one attached hydrogen (secondary N) is 2. The quantitative estimate of drug-likeness (QED) is 0.243. The number of anilines is 2. The predicted octanol–water partition coefficient (Wildman–Crippen LogP) is 4.15. The molecular weight excluding hydrogens is 440 g/mol. The predicted molar refractivity (Wildman–Crippen MR) is 145 cm³/mol. The van der Waals surface area contributed by atoms with Crippen LogP contribution in [0.15, 0.2) is 58.7 Å². The van der Waals surface area contributed by atoms with E-state index in [0.29, 0.717) is 12.8 Å². The SMILES string of the molecule is CN(C)c1ccc(/C=N/NC(=O)CCCCCCCC(=O)N/N=C/c2ccc(N(C)C)cc2)cc1. The molecule has 0 fully saturated rings. The fourth-order valence-corrected chi connectivity index (χ4v) is 3.29. The molecule has 0 radical (unpaired) electrons. The molecule has 35 heavy (non-hydrogen) atoms. The number of hydrogen-bond donors (Lipinski definition) is 2. The van der Waals surface area contributed by atoms with Crippen molar-refractivity contribution in [2.45, 2.75) is 44.9 Å². The van der Waals surface area contributed by atoms with Gasteiger partial charge >= 0.3 is 0 Å². The van der Waals surface area contributed by atoms with Crippen molar-refractivity contribution in [3.63, 3.8) is 0 Å². The van der Waals surface area contributed by atoms with Gasteiger partial charge in [-0.1, -0.05) is 43.5 Å². The number of carbonyl (C=O) groups is 2. The van der Waals surface area contributed by atoms with Crippen LogP contribution in [0.4, 0.5) is 11.4 Å². The van der Waals surface area contributed by atoms with Crippen LogP contribution in [0.25, 0.3) is 0 Å². The molecular formula is C27H38N6O2. The number of nitrogens with zero attached hydrogens (tertiary/aromatic N) is 4. The first-order valence-electron chi connectivity index (χ1n) is 12.0. The molecule has 8 nitrogen and oxygen atoms in total. The molecule has 2 rings (SSSR count).